The Morgan fingerprint density at radius 3 is 2.37 bits per heavy atom. The number of carbonyl (C=O) groups excluding carboxylic acids is 1. The Kier molecular flexibility index (Phi) is 7.97. The van der Waals surface area contributed by atoms with E-state index >= 15 is 0 Å². The number of carbonyl (C=O) groups is 1. The molecule has 9 nitrogen and oxygen atoms in total. The van der Waals surface area contributed by atoms with Crippen molar-refractivity contribution in [2.24, 2.45) is 0 Å². The van der Waals surface area contributed by atoms with E-state index in [1.807, 2.05) is 0 Å². The van der Waals surface area contributed by atoms with E-state index in [-0.39, 0.29) is 13.0 Å². The topological polar surface area (TPSA) is 116 Å². The highest BCUT2D eigenvalue weighted by Crippen LogP contribution is 2.40. The fourth-order valence-electron chi connectivity index (χ4n) is 5.24. The molecule has 1 aromatic heterocycles. The van der Waals surface area contributed by atoms with E-state index in [1.54, 1.807) is 4.68 Å². The van der Waals surface area contributed by atoms with Crippen molar-refractivity contribution in [3.05, 3.63) is 41.2 Å². The Bertz CT molecular complexity index is 1410. The lowest BCUT2D eigenvalue weighted by atomic mass is 9.93. The largest absolute Gasteiger partial charge is 0.469 e. The van der Waals surface area contributed by atoms with Crippen LogP contribution in [0.15, 0.2) is 34.2 Å². The average Bonchev–Trinajstić information content (AvgIpc) is 3.57. The minimum absolute atomic E-state index is 0.0753. The molecule has 0 saturated heterocycles. The molecule has 0 unspecified atom stereocenters. The van der Waals surface area contributed by atoms with Gasteiger partial charge in [-0.05, 0) is 50.3 Å². The molecule has 2 aliphatic rings. The zero-order valence-electron chi connectivity index (χ0n) is 21.1. The number of fused-ring (bicyclic) bond motifs is 1. The number of halogens is 3. The molecule has 0 radical (unpaired) electrons. The molecule has 2 aromatic rings. The molecule has 0 amide bonds. The van der Waals surface area contributed by atoms with Crippen LogP contribution >= 0.6 is 0 Å². The van der Waals surface area contributed by atoms with E-state index in [2.05, 4.69) is 9.84 Å². The molecule has 4 rings (SSSR count). The Hall–Kier alpha value is -2.45. The minimum atomic E-state index is -4.94. The molecule has 210 valence electrons. The van der Waals surface area contributed by atoms with Gasteiger partial charge in [-0.1, -0.05) is 12.8 Å². The maximum atomic E-state index is 13.8. The molecule has 1 aromatic carbocycles. The zero-order valence-corrected chi connectivity index (χ0v) is 22.7. The van der Waals surface area contributed by atoms with Gasteiger partial charge in [0.1, 0.15) is 0 Å². The second-order valence-corrected chi connectivity index (χ2v) is 13.9. The lowest BCUT2D eigenvalue weighted by Gasteiger charge is -2.31. The fraction of sp³-hybridized carbons (Fsp3) is 0.583. The van der Waals surface area contributed by atoms with Gasteiger partial charge in [0.15, 0.2) is 9.84 Å². The van der Waals surface area contributed by atoms with Crippen LogP contribution in [0.5, 0.6) is 0 Å². The number of sulfone groups is 1. The van der Waals surface area contributed by atoms with Gasteiger partial charge in [0.2, 0.25) is 10.0 Å². The van der Waals surface area contributed by atoms with Crippen LogP contribution in [0, 0.1) is 0 Å². The summed E-state index contributed by atoms with van der Waals surface area (Å²) in [6.45, 7) is 0.237. The van der Waals surface area contributed by atoms with Crippen molar-refractivity contribution in [3.8, 4) is 0 Å². The lowest BCUT2D eigenvalue weighted by molar-refractivity contribution is -0.141. The molecule has 1 atom stereocenters. The van der Waals surface area contributed by atoms with Gasteiger partial charge in [-0.3, -0.25) is 9.48 Å². The van der Waals surface area contributed by atoms with E-state index in [0.717, 1.165) is 16.1 Å². The predicted octanol–water partition coefficient (Wildman–Crippen LogP) is 3.88. The number of alkyl halides is 3. The number of aryl methyl sites for hydroxylation is 1. The number of esters is 1. The zero-order chi connectivity index (χ0) is 27.9. The number of methoxy groups -OCH3 is 1. The number of hydrogen-bond acceptors (Lipinski definition) is 7. The monoisotopic (exact) mass is 577 g/mol. The first-order valence-corrected chi connectivity index (χ1v) is 15.3. The van der Waals surface area contributed by atoms with Gasteiger partial charge in [-0.15, -0.1) is 0 Å². The smallest absolute Gasteiger partial charge is 0.416 e. The number of ether oxygens (including phenoxy) is 1. The van der Waals surface area contributed by atoms with E-state index in [4.69, 9.17) is 0 Å². The van der Waals surface area contributed by atoms with Gasteiger partial charge >= 0.3 is 12.1 Å². The van der Waals surface area contributed by atoms with Crippen LogP contribution < -0.4 is 0 Å². The van der Waals surface area contributed by atoms with Gasteiger partial charge in [0, 0.05) is 18.3 Å². The Morgan fingerprint density at radius 2 is 1.74 bits per heavy atom. The number of benzene rings is 1. The summed E-state index contributed by atoms with van der Waals surface area (Å²) in [5, 5.41) is 3.45. The predicted molar refractivity (Wildman–Crippen MR) is 130 cm³/mol. The molecule has 0 spiro atoms. The molecule has 14 heteroatoms. The van der Waals surface area contributed by atoms with E-state index in [1.165, 1.54) is 20.4 Å². The van der Waals surface area contributed by atoms with Crippen molar-refractivity contribution >= 4 is 25.8 Å². The number of aromatic nitrogens is 2. The molecular weight excluding hydrogens is 547 g/mol. The maximum absolute atomic E-state index is 13.8. The van der Waals surface area contributed by atoms with Crippen molar-refractivity contribution < 1.29 is 39.5 Å². The highest BCUT2D eigenvalue weighted by atomic mass is 32.2. The van der Waals surface area contributed by atoms with Gasteiger partial charge in [-0.2, -0.15) is 22.6 Å². The third-order valence-corrected chi connectivity index (χ3v) is 11.5. The lowest BCUT2D eigenvalue weighted by Crippen LogP contribution is -2.34. The fourth-order valence-corrected chi connectivity index (χ4v) is 8.67. The van der Waals surface area contributed by atoms with Crippen molar-refractivity contribution in [2.75, 3.05) is 14.2 Å². The van der Waals surface area contributed by atoms with Crippen LogP contribution in [0.4, 0.5) is 13.2 Å². The Labute approximate surface area is 219 Å². The first-order valence-electron chi connectivity index (χ1n) is 12.3. The summed E-state index contributed by atoms with van der Waals surface area (Å²) in [7, 11) is -6.14. The second kappa shape index (κ2) is 10.6. The van der Waals surface area contributed by atoms with E-state index < -0.39 is 58.7 Å². The van der Waals surface area contributed by atoms with Crippen molar-refractivity contribution in [3.63, 3.8) is 0 Å². The summed E-state index contributed by atoms with van der Waals surface area (Å²) in [6.07, 6.45) is 0.162. The van der Waals surface area contributed by atoms with Crippen molar-refractivity contribution in [1.82, 2.24) is 14.1 Å². The van der Waals surface area contributed by atoms with Crippen LogP contribution in [-0.2, 0) is 48.5 Å². The van der Waals surface area contributed by atoms with Gasteiger partial charge in [0.05, 0.1) is 52.9 Å². The summed E-state index contributed by atoms with van der Waals surface area (Å²) >= 11 is 0. The van der Waals surface area contributed by atoms with Gasteiger partial charge in [-0.25, -0.2) is 16.8 Å². The standard InChI is InChI=1S/C24H30F3N3O6S2/c1-29(21-8-5-9-22-20(21)15-28-30(22)11-10-23(31)36-2)38(34,35)19-13-16(24(25,26)27)12-18(14-19)37(32,33)17-6-3-4-7-17/h12-15,17,21H,3-11H2,1-2H3/t21-/m1/s1. The number of nitrogens with zero attached hydrogens (tertiary/aromatic N) is 3. The van der Waals surface area contributed by atoms with E-state index in [0.29, 0.717) is 62.6 Å². The molecule has 1 heterocycles. The number of sulfonamides is 1. The molecule has 2 aliphatic carbocycles. The minimum Gasteiger partial charge on any atom is -0.469 e. The van der Waals surface area contributed by atoms with Crippen molar-refractivity contribution in [1.29, 1.82) is 0 Å². The summed E-state index contributed by atoms with van der Waals surface area (Å²) in [5.41, 5.74) is 0.00206. The molecule has 1 fully saturated rings. The summed E-state index contributed by atoms with van der Waals surface area (Å²) in [5.74, 6) is -0.422. The summed E-state index contributed by atoms with van der Waals surface area (Å²) < 4.78 is 102. The van der Waals surface area contributed by atoms with E-state index in [9.17, 15) is 34.8 Å². The van der Waals surface area contributed by atoms with Crippen LogP contribution in [0.2, 0.25) is 0 Å². The molecular formula is C24H30F3N3O6S2. The normalized spacial score (nSPS) is 19.1. The van der Waals surface area contributed by atoms with Crippen LogP contribution in [0.3, 0.4) is 0 Å². The summed E-state index contributed by atoms with van der Waals surface area (Å²) in [4.78, 5) is 10.2. The van der Waals surface area contributed by atoms with Gasteiger partial charge < -0.3 is 4.74 Å². The first kappa shape index (κ1) is 28.6. The number of hydrogen-bond donors (Lipinski definition) is 0. The first-order chi connectivity index (χ1) is 17.8. The second-order valence-electron chi connectivity index (χ2n) is 9.67. The molecule has 0 aliphatic heterocycles. The number of rotatable bonds is 8. The average molecular weight is 578 g/mol. The summed E-state index contributed by atoms with van der Waals surface area (Å²) in [6, 6.07) is 1.14. The van der Waals surface area contributed by atoms with Crippen LogP contribution in [0.1, 0.15) is 67.8 Å². The van der Waals surface area contributed by atoms with Gasteiger partial charge in [0.25, 0.3) is 0 Å². The highest BCUT2D eigenvalue weighted by molar-refractivity contribution is 7.92. The quantitative estimate of drug-likeness (QED) is 0.437. The molecule has 38 heavy (non-hydrogen) atoms. The van der Waals surface area contributed by atoms with Crippen LogP contribution in [-0.4, -0.2) is 56.3 Å². The van der Waals surface area contributed by atoms with Crippen molar-refractivity contribution in [2.45, 2.75) is 85.2 Å². The molecule has 0 bridgehead atoms. The van der Waals surface area contributed by atoms with Crippen LogP contribution in [0.25, 0.3) is 0 Å². The Morgan fingerprint density at radius 1 is 1.08 bits per heavy atom. The Balaban J connectivity index is 1.72. The SMILES string of the molecule is COC(=O)CCn1ncc2c1CCC[C@H]2N(C)S(=O)(=O)c1cc(C(F)(F)F)cc(S(=O)(=O)C2CCCC2)c1. The molecule has 0 N–H and O–H groups in total. The third-order valence-electron chi connectivity index (χ3n) is 7.38. The maximum Gasteiger partial charge on any atom is 0.416 e. The molecule has 1 saturated carbocycles. The highest BCUT2D eigenvalue weighted by Gasteiger charge is 2.39. The third kappa shape index (κ3) is 5.48.